The number of aryl methyl sites for hydroxylation is 1. The third-order valence-corrected chi connectivity index (χ3v) is 5.62. The van der Waals surface area contributed by atoms with E-state index in [1.165, 1.54) is 16.2 Å². The van der Waals surface area contributed by atoms with E-state index in [0.29, 0.717) is 5.58 Å². The molecule has 2 heterocycles. The lowest BCUT2D eigenvalue weighted by Gasteiger charge is -2.33. The lowest BCUT2D eigenvalue weighted by molar-refractivity contribution is -0.914. The molecule has 1 aliphatic heterocycles. The number of quaternary nitrogens is 1. The van der Waals surface area contributed by atoms with Gasteiger partial charge in [-0.2, -0.15) is 0 Å². The summed E-state index contributed by atoms with van der Waals surface area (Å²) in [5.41, 5.74) is 3.89. The zero-order chi connectivity index (χ0) is 18.8. The van der Waals surface area contributed by atoms with Crippen molar-refractivity contribution >= 4 is 28.3 Å². The van der Waals surface area contributed by atoms with Crippen molar-refractivity contribution in [2.24, 2.45) is 0 Å². The summed E-state index contributed by atoms with van der Waals surface area (Å²) in [6.07, 6.45) is 0.931. The molecule has 0 aliphatic carbocycles. The monoisotopic (exact) mass is 383 g/mol. The quantitative estimate of drug-likeness (QED) is 0.704. The summed E-state index contributed by atoms with van der Waals surface area (Å²) in [6, 6.07) is 15.9. The SMILES string of the molecule is CCc1ccc2c(C[NH+]3CCN(c4cccc(Cl)c4)CC3)cc(=O)oc2c1. The Bertz CT molecular complexity index is 1010. The van der Waals surface area contributed by atoms with E-state index in [-0.39, 0.29) is 5.63 Å². The maximum atomic E-state index is 12.0. The summed E-state index contributed by atoms with van der Waals surface area (Å²) in [6.45, 7) is 6.97. The Morgan fingerprint density at radius 3 is 2.67 bits per heavy atom. The summed E-state index contributed by atoms with van der Waals surface area (Å²) < 4.78 is 5.43. The van der Waals surface area contributed by atoms with Gasteiger partial charge in [-0.25, -0.2) is 4.79 Å². The van der Waals surface area contributed by atoms with Gasteiger partial charge in [-0.15, -0.1) is 0 Å². The fraction of sp³-hybridized carbons (Fsp3) is 0.318. The minimum atomic E-state index is -0.261. The summed E-state index contributed by atoms with van der Waals surface area (Å²) in [5.74, 6) is 0. The molecule has 1 saturated heterocycles. The van der Waals surface area contributed by atoms with Crippen LogP contribution in [0.3, 0.4) is 0 Å². The second-order valence-corrected chi connectivity index (χ2v) is 7.60. The number of nitrogens with one attached hydrogen (secondary N) is 1. The average molecular weight is 384 g/mol. The highest BCUT2D eigenvalue weighted by molar-refractivity contribution is 6.30. The first-order valence-electron chi connectivity index (χ1n) is 9.52. The number of benzene rings is 2. The van der Waals surface area contributed by atoms with E-state index in [2.05, 4.69) is 30.0 Å². The van der Waals surface area contributed by atoms with Crippen molar-refractivity contribution in [2.45, 2.75) is 19.9 Å². The molecule has 3 aromatic rings. The Hall–Kier alpha value is -2.30. The van der Waals surface area contributed by atoms with Crippen molar-refractivity contribution in [1.82, 2.24) is 0 Å². The first-order valence-corrected chi connectivity index (χ1v) is 9.90. The second-order valence-electron chi connectivity index (χ2n) is 7.17. The van der Waals surface area contributed by atoms with Gasteiger partial charge in [0.1, 0.15) is 12.1 Å². The Labute approximate surface area is 164 Å². The fourth-order valence-electron chi connectivity index (χ4n) is 3.84. The van der Waals surface area contributed by atoms with Crippen molar-refractivity contribution < 1.29 is 9.32 Å². The zero-order valence-electron chi connectivity index (χ0n) is 15.5. The Kier molecular flexibility index (Phi) is 5.19. The molecular weight excluding hydrogens is 360 g/mol. The number of nitrogens with zero attached hydrogens (tertiary/aromatic N) is 1. The molecule has 0 atom stereocenters. The van der Waals surface area contributed by atoms with Gasteiger partial charge in [-0.05, 0) is 36.2 Å². The number of rotatable bonds is 4. The van der Waals surface area contributed by atoms with Crippen LogP contribution in [0.15, 0.2) is 57.7 Å². The fourth-order valence-corrected chi connectivity index (χ4v) is 4.03. The van der Waals surface area contributed by atoms with Crippen molar-refractivity contribution in [3.63, 3.8) is 0 Å². The van der Waals surface area contributed by atoms with Crippen LogP contribution in [0.4, 0.5) is 5.69 Å². The molecule has 140 valence electrons. The van der Waals surface area contributed by atoms with E-state index >= 15 is 0 Å². The van der Waals surface area contributed by atoms with E-state index in [9.17, 15) is 4.79 Å². The molecule has 5 heteroatoms. The number of hydrogen-bond donors (Lipinski definition) is 1. The van der Waals surface area contributed by atoms with Gasteiger partial charge in [-0.3, -0.25) is 0 Å². The van der Waals surface area contributed by atoms with Gasteiger partial charge in [0.2, 0.25) is 0 Å². The maximum Gasteiger partial charge on any atom is 0.336 e. The number of hydrogen-bond acceptors (Lipinski definition) is 3. The minimum absolute atomic E-state index is 0.261. The number of piperazine rings is 1. The topological polar surface area (TPSA) is 37.9 Å². The van der Waals surface area contributed by atoms with Gasteiger partial charge in [0.15, 0.2) is 0 Å². The predicted molar refractivity (Wildman–Crippen MR) is 110 cm³/mol. The van der Waals surface area contributed by atoms with Crippen LogP contribution < -0.4 is 15.4 Å². The van der Waals surface area contributed by atoms with Crippen molar-refractivity contribution in [3.05, 3.63) is 75.1 Å². The lowest BCUT2D eigenvalue weighted by Crippen LogP contribution is -3.13. The number of halogens is 1. The summed E-state index contributed by atoms with van der Waals surface area (Å²) in [7, 11) is 0. The van der Waals surface area contributed by atoms with Gasteiger partial charge in [-0.1, -0.05) is 36.7 Å². The summed E-state index contributed by atoms with van der Waals surface area (Å²) >= 11 is 6.12. The van der Waals surface area contributed by atoms with E-state index in [0.717, 1.165) is 55.1 Å². The van der Waals surface area contributed by atoms with Crippen LogP contribution in [-0.2, 0) is 13.0 Å². The summed E-state index contributed by atoms with van der Waals surface area (Å²) in [4.78, 5) is 15.9. The first-order chi connectivity index (χ1) is 13.1. The van der Waals surface area contributed by atoms with Gasteiger partial charge in [0.05, 0.1) is 26.2 Å². The molecule has 0 spiro atoms. The second kappa shape index (κ2) is 7.75. The zero-order valence-corrected chi connectivity index (χ0v) is 16.3. The van der Waals surface area contributed by atoms with Crippen molar-refractivity contribution in [2.75, 3.05) is 31.1 Å². The van der Waals surface area contributed by atoms with Crippen LogP contribution >= 0.6 is 11.6 Å². The Balaban J connectivity index is 1.50. The molecule has 0 radical (unpaired) electrons. The van der Waals surface area contributed by atoms with Crippen LogP contribution in [0.2, 0.25) is 5.02 Å². The van der Waals surface area contributed by atoms with Crippen molar-refractivity contribution in [1.29, 1.82) is 0 Å². The van der Waals surface area contributed by atoms with Crippen LogP contribution in [0.5, 0.6) is 0 Å². The average Bonchev–Trinajstić information content (AvgIpc) is 2.68. The highest BCUT2D eigenvalue weighted by Gasteiger charge is 2.21. The van der Waals surface area contributed by atoms with Crippen molar-refractivity contribution in [3.8, 4) is 0 Å². The molecule has 2 aromatic carbocycles. The largest absolute Gasteiger partial charge is 0.423 e. The van der Waals surface area contributed by atoms with E-state index in [4.69, 9.17) is 16.0 Å². The molecule has 27 heavy (non-hydrogen) atoms. The Morgan fingerprint density at radius 1 is 1.11 bits per heavy atom. The molecule has 0 unspecified atom stereocenters. The lowest BCUT2D eigenvalue weighted by atomic mass is 10.1. The minimum Gasteiger partial charge on any atom is -0.423 e. The van der Waals surface area contributed by atoms with Crippen LogP contribution in [0.1, 0.15) is 18.1 Å². The highest BCUT2D eigenvalue weighted by Crippen LogP contribution is 2.20. The normalized spacial score (nSPS) is 15.4. The molecule has 0 amide bonds. The van der Waals surface area contributed by atoms with Gasteiger partial charge >= 0.3 is 5.63 Å². The third-order valence-electron chi connectivity index (χ3n) is 5.39. The third kappa shape index (κ3) is 4.02. The van der Waals surface area contributed by atoms with Crippen LogP contribution in [0, 0.1) is 0 Å². The van der Waals surface area contributed by atoms with Gasteiger partial charge in [0.25, 0.3) is 0 Å². The Morgan fingerprint density at radius 2 is 1.93 bits per heavy atom. The van der Waals surface area contributed by atoms with Gasteiger partial charge < -0.3 is 14.2 Å². The highest BCUT2D eigenvalue weighted by atomic mass is 35.5. The predicted octanol–water partition coefficient (Wildman–Crippen LogP) is 2.91. The van der Waals surface area contributed by atoms with E-state index in [1.807, 2.05) is 24.3 Å². The number of fused-ring (bicyclic) bond motifs is 1. The molecule has 1 aromatic heterocycles. The molecule has 1 fully saturated rings. The van der Waals surface area contributed by atoms with Crippen LogP contribution in [-0.4, -0.2) is 26.2 Å². The molecule has 4 rings (SSSR count). The molecule has 0 saturated carbocycles. The van der Waals surface area contributed by atoms with E-state index in [1.54, 1.807) is 6.07 Å². The standard InChI is InChI=1S/C22H23ClN2O2/c1-2-16-6-7-20-17(13-22(26)27-21(20)12-16)15-24-8-10-25(11-9-24)19-5-3-4-18(23)14-19/h3-7,12-14H,2,8-11,15H2,1H3/p+1. The summed E-state index contributed by atoms with van der Waals surface area (Å²) in [5, 5.41) is 1.83. The molecule has 0 bridgehead atoms. The van der Waals surface area contributed by atoms with E-state index < -0.39 is 0 Å². The molecule has 1 aliphatic rings. The maximum absolute atomic E-state index is 12.0. The molecule has 1 N–H and O–H groups in total. The van der Waals surface area contributed by atoms with Crippen LogP contribution in [0.25, 0.3) is 11.0 Å². The van der Waals surface area contributed by atoms with Gasteiger partial charge in [0, 0.05) is 27.7 Å². The number of anilines is 1. The molecular formula is C22H24ClN2O2+. The smallest absolute Gasteiger partial charge is 0.336 e. The molecule has 4 nitrogen and oxygen atoms in total. The first kappa shape index (κ1) is 18.1.